The number of halogens is 1. The summed E-state index contributed by atoms with van der Waals surface area (Å²) < 4.78 is 5.70. The number of H-pyrrole nitrogens is 1. The van der Waals surface area contributed by atoms with Gasteiger partial charge in [-0.3, -0.25) is 9.89 Å². The normalized spacial score (nSPS) is 20.7. The quantitative estimate of drug-likeness (QED) is 0.900. The van der Waals surface area contributed by atoms with E-state index < -0.39 is 0 Å². The van der Waals surface area contributed by atoms with Crippen molar-refractivity contribution >= 4 is 17.5 Å². The molecule has 1 aromatic heterocycles. The molecule has 1 aliphatic heterocycles. The third kappa shape index (κ3) is 3.23. The Morgan fingerprint density at radius 3 is 3.04 bits per heavy atom. The fraction of sp³-hybridized carbons (Fsp3) is 0.438. The number of rotatable bonds is 4. The van der Waals surface area contributed by atoms with Gasteiger partial charge in [-0.1, -0.05) is 17.7 Å². The van der Waals surface area contributed by atoms with Crippen molar-refractivity contribution < 1.29 is 9.53 Å². The molecule has 2 aromatic rings. The summed E-state index contributed by atoms with van der Waals surface area (Å²) in [4.78, 5) is 16.6. The van der Waals surface area contributed by atoms with Gasteiger partial charge in [-0.2, -0.15) is 5.10 Å². The number of carbonyl (C=O) groups excluding carboxylic acids is 1. The number of aromatic nitrogens is 3. The Kier molecular flexibility index (Phi) is 4.63. The average Bonchev–Trinajstić information content (AvgIpc) is 3.21. The summed E-state index contributed by atoms with van der Waals surface area (Å²) in [5.74, 6) is 0.699. The molecule has 0 radical (unpaired) electrons. The van der Waals surface area contributed by atoms with Crippen molar-refractivity contribution in [3.63, 3.8) is 0 Å². The van der Waals surface area contributed by atoms with Crippen LogP contribution in [-0.2, 0) is 4.74 Å². The Labute approximate surface area is 139 Å². The van der Waals surface area contributed by atoms with Crippen molar-refractivity contribution in [3.05, 3.63) is 46.0 Å². The van der Waals surface area contributed by atoms with Crippen LogP contribution >= 0.6 is 11.6 Å². The van der Waals surface area contributed by atoms with Gasteiger partial charge in [0, 0.05) is 19.1 Å². The van der Waals surface area contributed by atoms with Crippen LogP contribution in [0.15, 0.2) is 18.5 Å². The zero-order valence-electron chi connectivity index (χ0n) is 13.1. The minimum atomic E-state index is -0.165. The highest BCUT2D eigenvalue weighted by Gasteiger charge is 2.32. The van der Waals surface area contributed by atoms with Gasteiger partial charge >= 0.3 is 0 Å². The van der Waals surface area contributed by atoms with E-state index >= 15 is 0 Å². The standard InChI is InChI=1S/C16H19ClN4O2/c1-9-3-4-12(13(17)10(9)2)16(22)18-7-11-5-6-23-14(11)15-19-8-20-21-15/h3-4,8,11,14H,5-7H2,1-2H3,(H,18,22)(H,19,20,21)/t11-,14-/m0/s1. The van der Waals surface area contributed by atoms with Gasteiger partial charge in [0.05, 0.1) is 10.6 Å². The predicted molar refractivity (Wildman–Crippen MR) is 86.4 cm³/mol. The molecule has 0 aliphatic carbocycles. The molecule has 3 rings (SSSR count). The summed E-state index contributed by atoms with van der Waals surface area (Å²) in [5, 5.41) is 10.1. The zero-order valence-corrected chi connectivity index (χ0v) is 13.9. The van der Waals surface area contributed by atoms with Crippen molar-refractivity contribution in [3.8, 4) is 0 Å². The molecule has 1 aliphatic rings. The number of nitrogens with one attached hydrogen (secondary N) is 2. The average molecular weight is 335 g/mol. The monoisotopic (exact) mass is 334 g/mol. The largest absolute Gasteiger partial charge is 0.370 e. The molecule has 1 amide bonds. The van der Waals surface area contributed by atoms with E-state index in [0.717, 1.165) is 17.5 Å². The first kappa shape index (κ1) is 16.0. The van der Waals surface area contributed by atoms with Crippen LogP contribution in [0.5, 0.6) is 0 Å². The number of carbonyl (C=O) groups is 1. The number of benzene rings is 1. The summed E-state index contributed by atoms with van der Waals surface area (Å²) in [6.07, 6.45) is 2.17. The van der Waals surface area contributed by atoms with E-state index in [2.05, 4.69) is 20.5 Å². The molecular formula is C16H19ClN4O2. The Morgan fingerprint density at radius 1 is 1.48 bits per heavy atom. The second-order valence-corrected chi connectivity index (χ2v) is 6.17. The molecule has 23 heavy (non-hydrogen) atoms. The highest BCUT2D eigenvalue weighted by Crippen LogP contribution is 2.32. The van der Waals surface area contributed by atoms with E-state index in [1.165, 1.54) is 6.33 Å². The van der Waals surface area contributed by atoms with Crippen molar-refractivity contribution in [2.75, 3.05) is 13.2 Å². The molecular weight excluding hydrogens is 316 g/mol. The second-order valence-electron chi connectivity index (χ2n) is 5.79. The van der Waals surface area contributed by atoms with Gasteiger partial charge < -0.3 is 10.1 Å². The third-order valence-electron chi connectivity index (χ3n) is 4.34. The summed E-state index contributed by atoms with van der Waals surface area (Å²) in [6, 6.07) is 3.67. The van der Waals surface area contributed by atoms with Gasteiger partial charge in [-0.25, -0.2) is 4.98 Å². The Balaban J connectivity index is 1.66. The molecule has 0 spiro atoms. The summed E-state index contributed by atoms with van der Waals surface area (Å²) >= 11 is 6.29. The minimum absolute atomic E-state index is 0.159. The van der Waals surface area contributed by atoms with Gasteiger partial charge in [0.2, 0.25) is 0 Å². The molecule has 1 saturated heterocycles. The van der Waals surface area contributed by atoms with Gasteiger partial charge in [0.25, 0.3) is 5.91 Å². The predicted octanol–water partition coefficient (Wildman–Crippen LogP) is 2.58. The Bertz CT molecular complexity index is 702. The topological polar surface area (TPSA) is 79.9 Å². The highest BCUT2D eigenvalue weighted by molar-refractivity contribution is 6.34. The van der Waals surface area contributed by atoms with Crippen LogP contribution in [0.25, 0.3) is 0 Å². The van der Waals surface area contributed by atoms with E-state index in [9.17, 15) is 4.79 Å². The molecule has 2 N–H and O–H groups in total. The van der Waals surface area contributed by atoms with Crippen LogP contribution in [0.1, 0.15) is 39.8 Å². The molecule has 2 atom stereocenters. The van der Waals surface area contributed by atoms with Crippen LogP contribution in [-0.4, -0.2) is 34.2 Å². The molecule has 7 heteroatoms. The zero-order chi connectivity index (χ0) is 16.4. The van der Waals surface area contributed by atoms with Gasteiger partial charge in [-0.15, -0.1) is 0 Å². The first-order valence-electron chi connectivity index (χ1n) is 7.58. The molecule has 122 valence electrons. The first-order chi connectivity index (χ1) is 11.1. The third-order valence-corrected chi connectivity index (χ3v) is 4.83. The summed E-state index contributed by atoms with van der Waals surface area (Å²) in [7, 11) is 0. The van der Waals surface area contributed by atoms with Crippen molar-refractivity contribution in [1.82, 2.24) is 20.5 Å². The fourth-order valence-electron chi connectivity index (χ4n) is 2.77. The van der Waals surface area contributed by atoms with E-state index in [4.69, 9.17) is 16.3 Å². The molecule has 0 unspecified atom stereocenters. The molecule has 2 heterocycles. The maximum atomic E-state index is 12.4. The smallest absolute Gasteiger partial charge is 0.252 e. The Hall–Kier alpha value is -1.92. The van der Waals surface area contributed by atoms with Gasteiger partial charge in [0.1, 0.15) is 12.4 Å². The summed E-state index contributed by atoms with van der Waals surface area (Å²) in [6.45, 7) is 5.05. The van der Waals surface area contributed by atoms with E-state index in [0.29, 0.717) is 29.6 Å². The lowest BCUT2D eigenvalue weighted by molar-refractivity contribution is 0.0799. The number of aromatic amines is 1. The maximum Gasteiger partial charge on any atom is 0.252 e. The maximum absolute atomic E-state index is 12.4. The number of aryl methyl sites for hydroxylation is 1. The minimum Gasteiger partial charge on any atom is -0.370 e. The molecule has 1 aromatic carbocycles. The molecule has 0 bridgehead atoms. The van der Waals surface area contributed by atoms with Crippen LogP contribution in [0.3, 0.4) is 0 Å². The number of hydrogen-bond donors (Lipinski definition) is 2. The number of nitrogens with zero attached hydrogens (tertiary/aromatic N) is 2. The second kappa shape index (κ2) is 6.68. The summed E-state index contributed by atoms with van der Waals surface area (Å²) in [5.41, 5.74) is 2.51. The Morgan fingerprint density at radius 2 is 2.30 bits per heavy atom. The van der Waals surface area contributed by atoms with E-state index in [-0.39, 0.29) is 17.9 Å². The van der Waals surface area contributed by atoms with E-state index in [1.54, 1.807) is 6.07 Å². The fourth-order valence-corrected chi connectivity index (χ4v) is 3.07. The van der Waals surface area contributed by atoms with Crippen molar-refractivity contribution in [2.45, 2.75) is 26.4 Å². The lowest BCUT2D eigenvalue weighted by Gasteiger charge is -2.17. The van der Waals surface area contributed by atoms with Crippen LogP contribution in [0, 0.1) is 19.8 Å². The first-order valence-corrected chi connectivity index (χ1v) is 7.96. The number of hydrogen-bond acceptors (Lipinski definition) is 4. The van der Waals surface area contributed by atoms with Crippen LogP contribution in [0.4, 0.5) is 0 Å². The molecule has 1 fully saturated rings. The van der Waals surface area contributed by atoms with Crippen molar-refractivity contribution in [2.24, 2.45) is 5.92 Å². The number of ether oxygens (including phenoxy) is 1. The van der Waals surface area contributed by atoms with Gasteiger partial charge in [-0.05, 0) is 37.5 Å². The lowest BCUT2D eigenvalue weighted by atomic mass is 10.0. The van der Waals surface area contributed by atoms with E-state index in [1.807, 2.05) is 19.9 Å². The van der Waals surface area contributed by atoms with Crippen molar-refractivity contribution in [1.29, 1.82) is 0 Å². The highest BCUT2D eigenvalue weighted by atomic mass is 35.5. The van der Waals surface area contributed by atoms with Crippen LogP contribution in [0.2, 0.25) is 5.02 Å². The molecule has 6 nitrogen and oxygen atoms in total. The SMILES string of the molecule is Cc1ccc(C(=O)NC[C@@H]2CCO[C@@H]2c2ncn[nH]2)c(Cl)c1C. The number of amides is 1. The van der Waals surface area contributed by atoms with Gasteiger partial charge in [0.15, 0.2) is 5.82 Å². The lowest BCUT2D eigenvalue weighted by Crippen LogP contribution is -2.31. The van der Waals surface area contributed by atoms with Crippen LogP contribution < -0.4 is 5.32 Å². The molecule has 0 saturated carbocycles.